The maximum atomic E-state index is 12.7. The Kier molecular flexibility index (Phi) is 3.70. The first-order valence-corrected chi connectivity index (χ1v) is 8.74. The predicted molar refractivity (Wildman–Crippen MR) is 87.0 cm³/mol. The van der Waals surface area contributed by atoms with Crippen LogP contribution in [0.1, 0.15) is 5.56 Å². The third kappa shape index (κ3) is 2.40. The Morgan fingerprint density at radius 2 is 1.91 bits per heavy atom. The fourth-order valence-corrected chi connectivity index (χ4v) is 3.85. The molecule has 1 N–H and O–H groups in total. The maximum Gasteiger partial charge on any atom is 0.238 e. The molecule has 0 aliphatic carbocycles. The second-order valence-electron chi connectivity index (χ2n) is 4.85. The van der Waals surface area contributed by atoms with Crippen LogP contribution < -0.4 is 4.74 Å². The average Bonchev–Trinajstić information content (AvgIpc) is 2.95. The van der Waals surface area contributed by atoms with Crippen LogP contribution in [-0.2, 0) is 9.84 Å². The number of halogens is 1. The molecule has 2 heterocycles. The van der Waals surface area contributed by atoms with Gasteiger partial charge in [0.2, 0.25) is 15.7 Å². The molecule has 1 aromatic carbocycles. The first-order valence-electron chi connectivity index (χ1n) is 6.46. The molecule has 0 saturated carbocycles. The van der Waals surface area contributed by atoms with Gasteiger partial charge in [-0.3, -0.25) is 0 Å². The summed E-state index contributed by atoms with van der Waals surface area (Å²) >= 11 is 3.37. The first-order chi connectivity index (χ1) is 10.4. The number of nitrogens with zero attached hydrogens (tertiary/aromatic N) is 1. The molecule has 5 nitrogen and oxygen atoms in total. The van der Waals surface area contributed by atoms with Crippen molar-refractivity contribution >= 4 is 36.7 Å². The van der Waals surface area contributed by atoms with Gasteiger partial charge in [0.05, 0.1) is 12.0 Å². The second-order valence-corrected chi connectivity index (χ2v) is 7.63. The highest BCUT2D eigenvalue weighted by Gasteiger charge is 2.22. The minimum absolute atomic E-state index is 0.110. The summed E-state index contributed by atoms with van der Waals surface area (Å²) < 4.78 is 31.3. The molecule has 0 aliphatic rings. The molecule has 0 saturated heterocycles. The Morgan fingerprint density at radius 1 is 1.23 bits per heavy atom. The van der Waals surface area contributed by atoms with Gasteiger partial charge < -0.3 is 9.72 Å². The van der Waals surface area contributed by atoms with Crippen LogP contribution in [0, 0.1) is 6.92 Å². The van der Waals surface area contributed by atoms with E-state index in [9.17, 15) is 8.42 Å². The molecule has 114 valence electrons. The molecule has 0 spiro atoms. The number of aromatic nitrogens is 2. The second kappa shape index (κ2) is 5.40. The SMILES string of the molecule is COc1ncc(Br)c2cc(S(=O)(=O)c3ccc(C)cc3)[nH]c12. The van der Waals surface area contributed by atoms with Crippen LogP contribution in [0.25, 0.3) is 10.9 Å². The van der Waals surface area contributed by atoms with E-state index in [1.807, 2.05) is 6.92 Å². The molecule has 0 amide bonds. The summed E-state index contributed by atoms with van der Waals surface area (Å²) in [6.45, 7) is 1.91. The molecule has 3 aromatic rings. The number of sulfone groups is 1. The summed E-state index contributed by atoms with van der Waals surface area (Å²) in [5.74, 6) is 0.351. The van der Waals surface area contributed by atoms with Crippen LogP contribution in [0.4, 0.5) is 0 Å². The number of nitrogens with one attached hydrogen (secondary N) is 1. The summed E-state index contributed by atoms with van der Waals surface area (Å²) in [4.78, 5) is 7.26. The molecule has 0 unspecified atom stereocenters. The number of hydrogen-bond donors (Lipinski definition) is 1. The monoisotopic (exact) mass is 380 g/mol. The predicted octanol–water partition coefficient (Wildman–Crippen LogP) is 3.48. The lowest BCUT2D eigenvalue weighted by molar-refractivity contribution is 0.402. The van der Waals surface area contributed by atoms with Gasteiger partial charge in [0.1, 0.15) is 10.5 Å². The van der Waals surface area contributed by atoms with E-state index in [4.69, 9.17) is 4.74 Å². The molecule has 0 bridgehead atoms. The molecule has 0 radical (unpaired) electrons. The highest BCUT2D eigenvalue weighted by atomic mass is 79.9. The fraction of sp³-hybridized carbons (Fsp3) is 0.133. The summed E-state index contributed by atoms with van der Waals surface area (Å²) in [5, 5.41) is 0.816. The fourth-order valence-electron chi connectivity index (χ4n) is 2.18. The van der Waals surface area contributed by atoms with Gasteiger partial charge in [-0.05, 0) is 41.1 Å². The molecule has 7 heteroatoms. The zero-order chi connectivity index (χ0) is 15.9. The normalized spacial score (nSPS) is 11.8. The lowest BCUT2D eigenvalue weighted by Crippen LogP contribution is -2.02. The Bertz CT molecular complexity index is 947. The van der Waals surface area contributed by atoms with Crippen molar-refractivity contribution in [3.8, 4) is 5.88 Å². The van der Waals surface area contributed by atoms with E-state index in [2.05, 4.69) is 25.9 Å². The lowest BCUT2D eigenvalue weighted by atomic mass is 10.2. The molecule has 0 aliphatic heterocycles. The van der Waals surface area contributed by atoms with Crippen LogP contribution in [0.3, 0.4) is 0 Å². The summed E-state index contributed by atoms with van der Waals surface area (Å²) in [6.07, 6.45) is 1.58. The van der Waals surface area contributed by atoms with Gasteiger partial charge in [-0.2, -0.15) is 0 Å². The third-order valence-electron chi connectivity index (χ3n) is 3.37. The van der Waals surface area contributed by atoms with E-state index in [1.54, 1.807) is 36.5 Å². The number of rotatable bonds is 3. The maximum absolute atomic E-state index is 12.7. The van der Waals surface area contributed by atoms with Crippen molar-refractivity contribution in [2.45, 2.75) is 16.8 Å². The van der Waals surface area contributed by atoms with Crippen molar-refractivity contribution in [3.05, 3.63) is 46.6 Å². The standard InChI is InChI=1S/C15H13BrN2O3S/c1-9-3-5-10(6-4-9)22(19,20)13-7-11-12(16)8-17-15(21-2)14(11)18-13/h3-8,18H,1-2H3. The van der Waals surface area contributed by atoms with Gasteiger partial charge in [0.25, 0.3) is 0 Å². The van der Waals surface area contributed by atoms with Crippen LogP contribution in [0.5, 0.6) is 5.88 Å². The van der Waals surface area contributed by atoms with Gasteiger partial charge in [-0.1, -0.05) is 17.7 Å². The number of methoxy groups -OCH3 is 1. The number of benzene rings is 1. The third-order valence-corrected chi connectivity index (χ3v) is 5.70. The van der Waals surface area contributed by atoms with Crippen molar-refractivity contribution < 1.29 is 13.2 Å². The van der Waals surface area contributed by atoms with Crippen molar-refractivity contribution in [1.82, 2.24) is 9.97 Å². The Labute approximate surface area is 136 Å². The van der Waals surface area contributed by atoms with Gasteiger partial charge in [-0.25, -0.2) is 13.4 Å². The zero-order valence-electron chi connectivity index (χ0n) is 11.9. The van der Waals surface area contributed by atoms with Crippen LogP contribution in [0.15, 0.2) is 50.9 Å². The summed E-state index contributed by atoms with van der Waals surface area (Å²) in [5.41, 5.74) is 1.55. The van der Waals surface area contributed by atoms with Crippen LogP contribution in [0.2, 0.25) is 0 Å². The number of aromatic amines is 1. The number of fused-ring (bicyclic) bond motifs is 1. The first kappa shape index (κ1) is 15.1. The number of H-pyrrole nitrogens is 1. The van der Waals surface area contributed by atoms with Crippen molar-refractivity contribution in [2.75, 3.05) is 7.11 Å². The summed E-state index contributed by atoms with van der Waals surface area (Å²) in [7, 11) is -2.13. The quantitative estimate of drug-likeness (QED) is 0.754. The number of hydrogen-bond acceptors (Lipinski definition) is 4. The molecular weight excluding hydrogens is 368 g/mol. The minimum atomic E-state index is -3.62. The zero-order valence-corrected chi connectivity index (χ0v) is 14.3. The largest absolute Gasteiger partial charge is 0.479 e. The van der Waals surface area contributed by atoms with E-state index in [-0.39, 0.29) is 9.92 Å². The molecule has 22 heavy (non-hydrogen) atoms. The van der Waals surface area contributed by atoms with Gasteiger partial charge in [0.15, 0.2) is 0 Å². The summed E-state index contributed by atoms with van der Waals surface area (Å²) in [6, 6.07) is 8.32. The highest BCUT2D eigenvalue weighted by Crippen LogP contribution is 2.32. The minimum Gasteiger partial charge on any atom is -0.479 e. The van der Waals surface area contributed by atoms with E-state index < -0.39 is 9.84 Å². The van der Waals surface area contributed by atoms with E-state index in [1.165, 1.54) is 7.11 Å². The Morgan fingerprint density at radius 3 is 2.55 bits per heavy atom. The molecule has 3 rings (SSSR count). The number of ether oxygens (including phenoxy) is 1. The van der Waals surface area contributed by atoms with E-state index in [0.29, 0.717) is 21.3 Å². The lowest BCUT2D eigenvalue weighted by Gasteiger charge is -2.02. The highest BCUT2D eigenvalue weighted by molar-refractivity contribution is 9.10. The molecule has 2 aromatic heterocycles. The number of pyridine rings is 1. The van der Waals surface area contributed by atoms with E-state index >= 15 is 0 Å². The van der Waals surface area contributed by atoms with Crippen molar-refractivity contribution in [1.29, 1.82) is 0 Å². The smallest absolute Gasteiger partial charge is 0.238 e. The van der Waals surface area contributed by atoms with Crippen molar-refractivity contribution in [3.63, 3.8) is 0 Å². The van der Waals surface area contributed by atoms with Crippen LogP contribution in [-0.4, -0.2) is 25.5 Å². The number of aryl methyl sites for hydroxylation is 1. The topological polar surface area (TPSA) is 72.0 Å². The Balaban J connectivity index is 2.21. The van der Waals surface area contributed by atoms with Crippen molar-refractivity contribution in [2.24, 2.45) is 0 Å². The molecular formula is C15H13BrN2O3S. The molecule has 0 atom stereocenters. The van der Waals surface area contributed by atoms with Gasteiger partial charge in [0, 0.05) is 16.1 Å². The molecule has 0 fully saturated rings. The van der Waals surface area contributed by atoms with Gasteiger partial charge >= 0.3 is 0 Å². The average molecular weight is 381 g/mol. The Hall–Kier alpha value is -1.86. The van der Waals surface area contributed by atoms with Gasteiger partial charge in [-0.15, -0.1) is 0 Å². The van der Waals surface area contributed by atoms with Crippen LogP contribution >= 0.6 is 15.9 Å². The van der Waals surface area contributed by atoms with E-state index in [0.717, 1.165) is 5.56 Å².